The molecule has 4 N–H and O–H groups in total. The highest BCUT2D eigenvalue weighted by atomic mass is 16.3. The van der Waals surface area contributed by atoms with E-state index in [1.54, 1.807) is 19.1 Å². The van der Waals surface area contributed by atoms with Crippen LogP contribution in [0.2, 0.25) is 0 Å². The minimum absolute atomic E-state index is 0.0723. The minimum Gasteiger partial charge on any atom is -0.507 e. The van der Waals surface area contributed by atoms with E-state index >= 15 is 0 Å². The van der Waals surface area contributed by atoms with Gasteiger partial charge in [-0.25, -0.2) is 4.42 Å². The first kappa shape index (κ1) is 13.1. The second-order valence-corrected chi connectivity index (χ2v) is 4.84. The first-order chi connectivity index (χ1) is 9.95. The van der Waals surface area contributed by atoms with Crippen molar-refractivity contribution in [2.24, 2.45) is 0 Å². The van der Waals surface area contributed by atoms with Gasteiger partial charge in [-0.3, -0.25) is 0 Å². The second-order valence-electron chi connectivity index (χ2n) is 4.84. The second kappa shape index (κ2) is 4.56. The summed E-state index contributed by atoms with van der Waals surface area (Å²) in [5.74, 6) is -0.166. The molecule has 2 aromatic carbocycles. The van der Waals surface area contributed by atoms with Crippen LogP contribution in [0.15, 0.2) is 40.8 Å². The summed E-state index contributed by atoms with van der Waals surface area (Å²) >= 11 is 0. The van der Waals surface area contributed by atoms with Crippen molar-refractivity contribution in [3.8, 4) is 34.3 Å². The van der Waals surface area contributed by atoms with Crippen molar-refractivity contribution in [3.05, 3.63) is 42.0 Å². The van der Waals surface area contributed by atoms with Crippen LogP contribution >= 0.6 is 0 Å². The molecule has 106 valence electrons. The van der Waals surface area contributed by atoms with Crippen molar-refractivity contribution in [3.63, 3.8) is 0 Å². The average molecular weight is 285 g/mol. The maximum Gasteiger partial charge on any atom is 0.368 e. The Hall–Kier alpha value is -2.95. The van der Waals surface area contributed by atoms with Crippen LogP contribution in [0.1, 0.15) is 5.56 Å². The zero-order chi connectivity index (χ0) is 15.1. The Kier molecular flexibility index (Phi) is 2.83. The molecular weight excluding hydrogens is 272 g/mol. The van der Waals surface area contributed by atoms with E-state index in [4.69, 9.17) is 4.42 Å². The number of phenols is 4. The predicted octanol–water partition coefficient (Wildman–Crippen LogP) is 3.51. The lowest BCUT2D eigenvalue weighted by atomic mass is 10.1. The van der Waals surface area contributed by atoms with Gasteiger partial charge >= 0.3 is 11.3 Å². The fourth-order valence-electron chi connectivity index (χ4n) is 2.25. The minimum atomic E-state index is -0.249. The van der Waals surface area contributed by atoms with Crippen molar-refractivity contribution < 1.29 is 24.8 Å². The highest BCUT2D eigenvalue weighted by Crippen LogP contribution is 2.37. The zero-order valence-corrected chi connectivity index (χ0v) is 11.2. The molecule has 1 heterocycles. The van der Waals surface area contributed by atoms with Crippen molar-refractivity contribution in [1.82, 2.24) is 0 Å². The first-order valence-corrected chi connectivity index (χ1v) is 6.27. The van der Waals surface area contributed by atoms with Gasteiger partial charge in [-0.1, -0.05) is 0 Å². The topological polar surface area (TPSA) is 92.2 Å². The van der Waals surface area contributed by atoms with E-state index in [2.05, 4.69) is 0 Å². The fourth-order valence-corrected chi connectivity index (χ4v) is 2.25. The third-order valence-corrected chi connectivity index (χ3v) is 3.27. The van der Waals surface area contributed by atoms with Crippen LogP contribution in [0.3, 0.4) is 0 Å². The van der Waals surface area contributed by atoms with Crippen LogP contribution in [-0.4, -0.2) is 20.4 Å². The van der Waals surface area contributed by atoms with Crippen LogP contribution in [0.5, 0.6) is 23.0 Å². The zero-order valence-electron chi connectivity index (χ0n) is 11.2. The molecule has 0 spiro atoms. The molecule has 0 saturated heterocycles. The molecule has 0 unspecified atom stereocenters. The molecule has 3 rings (SSSR count). The number of benzene rings is 2. The van der Waals surface area contributed by atoms with Crippen molar-refractivity contribution in [2.75, 3.05) is 0 Å². The predicted molar refractivity (Wildman–Crippen MR) is 77.5 cm³/mol. The monoisotopic (exact) mass is 285 g/mol. The van der Waals surface area contributed by atoms with Crippen molar-refractivity contribution in [1.29, 1.82) is 0 Å². The van der Waals surface area contributed by atoms with Gasteiger partial charge < -0.3 is 20.4 Å². The average Bonchev–Trinajstić information content (AvgIpc) is 2.42. The van der Waals surface area contributed by atoms with E-state index in [0.717, 1.165) is 5.56 Å². The lowest BCUT2D eigenvalue weighted by molar-refractivity contribution is 0.404. The van der Waals surface area contributed by atoms with Crippen LogP contribution in [-0.2, 0) is 0 Å². The molecule has 5 heteroatoms. The number of hydrogen-bond donors (Lipinski definition) is 4. The SMILES string of the molecule is Cc1cc2c(O)cc(O)cc2[o+]c1-c1ccc(O)c(O)c1. The van der Waals surface area contributed by atoms with Crippen LogP contribution in [0, 0.1) is 6.92 Å². The number of fused-ring (bicyclic) bond motifs is 1. The van der Waals surface area contributed by atoms with Crippen LogP contribution < -0.4 is 0 Å². The van der Waals surface area contributed by atoms with Crippen molar-refractivity contribution in [2.45, 2.75) is 6.92 Å². The number of aromatic hydroxyl groups is 4. The van der Waals surface area contributed by atoms with Gasteiger partial charge in [-0.15, -0.1) is 0 Å². The fraction of sp³-hybridized carbons (Fsp3) is 0.0625. The lowest BCUT2D eigenvalue weighted by Crippen LogP contribution is -1.86. The Morgan fingerprint density at radius 3 is 2.29 bits per heavy atom. The van der Waals surface area contributed by atoms with Crippen LogP contribution in [0.25, 0.3) is 22.3 Å². The molecule has 3 aromatic rings. The van der Waals surface area contributed by atoms with Gasteiger partial charge in [0.2, 0.25) is 0 Å². The molecule has 0 aliphatic heterocycles. The number of rotatable bonds is 1. The smallest absolute Gasteiger partial charge is 0.368 e. The Balaban J connectivity index is 2.27. The van der Waals surface area contributed by atoms with E-state index in [9.17, 15) is 20.4 Å². The quantitative estimate of drug-likeness (QED) is 0.405. The van der Waals surface area contributed by atoms with Crippen LogP contribution in [0.4, 0.5) is 0 Å². The van der Waals surface area contributed by atoms with Gasteiger partial charge in [-0.2, -0.15) is 0 Å². The molecule has 0 radical (unpaired) electrons. The van der Waals surface area contributed by atoms with Gasteiger partial charge in [0, 0.05) is 12.1 Å². The molecule has 5 nitrogen and oxygen atoms in total. The van der Waals surface area contributed by atoms with E-state index in [1.165, 1.54) is 24.3 Å². The van der Waals surface area contributed by atoms with Gasteiger partial charge in [0.1, 0.15) is 16.9 Å². The Morgan fingerprint density at radius 1 is 0.810 bits per heavy atom. The molecule has 0 atom stereocenters. The molecule has 0 fully saturated rings. The Labute approximate surface area is 120 Å². The lowest BCUT2D eigenvalue weighted by Gasteiger charge is -2.01. The largest absolute Gasteiger partial charge is 0.507 e. The summed E-state index contributed by atoms with van der Waals surface area (Å²) in [5, 5.41) is 38.8. The molecule has 1 aromatic heterocycles. The van der Waals surface area contributed by atoms with Gasteiger partial charge in [0.05, 0.1) is 17.2 Å². The van der Waals surface area contributed by atoms with Gasteiger partial charge in [0.25, 0.3) is 0 Å². The van der Waals surface area contributed by atoms with E-state index in [-0.39, 0.29) is 23.0 Å². The molecule has 0 saturated carbocycles. The molecular formula is C16H13O5+. The Bertz CT molecular complexity index is 855. The standard InChI is InChI=1S/C16H12O5/c1-8-4-11-13(19)6-10(17)7-15(11)21-16(8)9-2-3-12(18)14(20)5-9/h2-7H,1H3,(H3-,17,18,19,20)/p+1. The molecule has 0 aliphatic carbocycles. The molecule has 0 aliphatic rings. The highest BCUT2D eigenvalue weighted by molar-refractivity contribution is 5.87. The third kappa shape index (κ3) is 2.18. The van der Waals surface area contributed by atoms with E-state index in [0.29, 0.717) is 22.3 Å². The summed E-state index contributed by atoms with van der Waals surface area (Å²) in [6.45, 7) is 1.80. The number of hydrogen-bond acceptors (Lipinski definition) is 4. The molecule has 21 heavy (non-hydrogen) atoms. The first-order valence-electron chi connectivity index (χ1n) is 6.27. The summed E-state index contributed by atoms with van der Waals surface area (Å²) < 4.78 is 5.72. The number of aryl methyl sites for hydroxylation is 1. The molecule has 0 amide bonds. The summed E-state index contributed by atoms with van der Waals surface area (Å²) in [5.41, 5.74) is 1.64. The maximum absolute atomic E-state index is 9.83. The summed E-state index contributed by atoms with van der Waals surface area (Å²) in [6.07, 6.45) is 0. The maximum atomic E-state index is 9.83. The van der Waals surface area contributed by atoms with Gasteiger partial charge in [-0.05, 0) is 25.1 Å². The summed E-state index contributed by atoms with van der Waals surface area (Å²) in [7, 11) is 0. The third-order valence-electron chi connectivity index (χ3n) is 3.27. The van der Waals surface area contributed by atoms with E-state index in [1.807, 2.05) is 0 Å². The van der Waals surface area contributed by atoms with Crippen molar-refractivity contribution >= 4 is 11.0 Å². The summed E-state index contributed by atoms with van der Waals surface area (Å²) in [6, 6.07) is 8.73. The molecule has 0 bridgehead atoms. The normalized spacial score (nSPS) is 10.9. The highest BCUT2D eigenvalue weighted by Gasteiger charge is 2.22. The Morgan fingerprint density at radius 2 is 1.57 bits per heavy atom. The van der Waals surface area contributed by atoms with Gasteiger partial charge in [0.15, 0.2) is 11.5 Å². The summed E-state index contributed by atoms with van der Waals surface area (Å²) in [4.78, 5) is 0. The van der Waals surface area contributed by atoms with E-state index < -0.39 is 0 Å². The number of phenolic OH excluding ortho intramolecular Hbond substituents is 4.